The Morgan fingerprint density at radius 2 is 2.11 bits per heavy atom. The normalized spacial score (nSPS) is 17.6. The summed E-state index contributed by atoms with van der Waals surface area (Å²) in [5.74, 6) is 1.73. The maximum atomic E-state index is 11.9. The Balaban J connectivity index is 2.13. The number of carboxylic acids is 1. The van der Waals surface area contributed by atoms with Crippen molar-refractivity contribution in [1.82, 2.24) is 10.2 Å². The van der Waals surface area contributed by atoms with E-state index in [4.69, 9.17) is 5.11 Å². The van der Waals surface area contributed by atoms with Crippen LogP contribution in [0.2, 0.25) is 0 Å². The molecule has 1 aliphatic heterocycles. The van der Waals surface area contributed by atoms with Crippen molar-refractivity contribution in [2.75, 3.05) is 31.1 Å². The van der Waals surface area contributed by atoms with Gasteiger partial charge in [0.25, 0.3) is 0 Å². The van der Waals surface area contributed by atoms with Gasteiger partial charge in [0.2, 0.25) is 0 Å². The molecular formula is C13H24N2O3S. The second kappa shape index (κ2) is 9.07. The summed E-state index contributed by atoms with van der Waals surface area (Å²) in [5, 5.41) is 11.5. The summed E-state index contributed by atoms with van der Waals surface area (Å²) in [6.45, 7) is 4.32. The minimum absolute atomic E-state index is 0.0212. The van der Waals surface area contributed by atoms with Crippen LogP contribution in [0.5, 0.6) is 0 Å². The molecule has 19 heavy (non-hydrogen) atoms. The van der Waals surface area contributed by atoms with Crippen LogP contribution in [-0.2, 0) is 4.79 Å². The smallest absolute Gasteiger partial charge is 0.317 e. The summed E-state index contributed by atoms with van der Waals surface area (Å²) in [6.07, 6.45) is 2.78. The lowest BCUT2D eigenvalue weighted by Crippen LogP contribution is -2.41. The fourth-order valence-electron chi connectivity index (χ4n) is 2.00. The van der Waals surface area contributed by atoms with E-state index in [1.54, 1.807) is 0 Å². The first kappa shape index (κ1) is 16.1. The van der Waals surface area contributed by atoms with Crippen molar-refractivity contribution >= 4 is 23.8 Å². The SMILES string of the molecule is CC(CCNC(=O)N1CCCSCC1)CCC(=O)O. The van der Waals surface area contributed by atoms with Gasteiger partial charge in [0.15, 0.2) is 0 Å². The highest BCUT2D eigenvalue weighted by Crippen LogP contribution is 2.11. The van der Waals surface area contributed by atoms with E-state index in [2.05, 4.69) is 5.32 Å². The highest BCUT2D eigenvalue weighted by Gasteiger charge is 2.15. The molecule has 1 rings (SSSR count). The average Bonchev–Trinajstić information content (AvgIpc) is 2.65. The van der Waals surface area contributed by atoms with Crippen LogP contribution in [0.1, 0.15) is 32.6 Å². The minimum Gasteiger partial charge on any atom is -0.481 e. The summed E-state index contributed by atoms with van der Waals surface area (Å²) >= 11 is 1.90. The summed E-state index contributed by atoms with van der Waals surface area (Å²) in [7, 11) is 0. The van der Waals surface area contributed by atoms with Crippen molar-refractivity contribution in [2.24, 2.45) is 5.92 Å². The van der Waals surface area contributed by atoms with E-state index in [0.717, 1.165) is 37.4 Å². The Hall–Kier alpha value is -0.910. The summed E-state index contributed by atoms with van der Waals surface area (Å²) in [6, 6.07) is 0.0212. The molecule has 0 radical (unpaired) electrons. The molecular weight excluding hydrogens is 264 g/mol. The number of thioether (sulfide) groups is 1. The lowest BCUT2D eigenvalue weighted by molar-refractivity contribution is -0.137. The molecule has 2 amide bonds. The minimum atomic E-state index is -0.752. The third-order valence-electron chi connectivity index (χ3n) is 3.27. The average molecular weight is 288 g/mol. The summed E-state index contributed by atoms with van der Waals surface area (Å²) < 4.78 is 0. The van der Waals surface area contributed by atoms with E-state index in [-0.39, 0.29) is 12.5 Å². The Kier molecular flexibility index (Phi) is 7.70. The quantitative estimate of drug-likeness (QED) is 0.784. The number of carboxylic acid groups (broad SMARTS) is 1. The van der Waals surface area contributed by atoms with Gasteiger partial charge in [-0.2, -0.15) is 11.8 Å². The van der Waals surface area contributed by atoms with Gasteiger partial charge in [-0.05, 0) is 30.9 Å². The topological polar surface area (TPSA) is 69.6 Å². The van der Waals surface area contributed by atoms with Gasteiger partial charge in [-0.1, -0.05) is 6.92 Å². The number of aliphatic carboxylic acids is 1. The number of hydrogen-bond donors (Lipinski definition) is 2. The zero-order valence-corrected chi connectivity index (χ0v) is 12.4. The van der Waals surface area contributed by atoms with Crippen LogP contribution in [0.4, 0.5) is 4.79 Å². The van der Waals surface area contributed by atoms with E-state index in [0.29, 0.717) is 18.9 Å². The predicted molar refractivity (Wildman–Crippen MR) is 77.6 cm³/mol. The number of nitrogens with zero attached hydrogens (tertiary/aromatic N) is 1. The first-order valence-corrected chi connectivity index (χ1v) is 8.07. The van der Waals surface area contributed by atoms with Crippen LogP contribution in [0.25, 0.3) is 0 Å². The molecule has 0 aliphatic carbocycles. The molecule has 0 aromatic carbocycles. The van der Waals surface area contributed by atoms with Gasteiger partial charge < -0.3 is 15.3 Å². The van der Waals surface area contributed by atoms with Gasteiger partial charge in [-0.25, -0.2) is 4.79 Å². The third kappa shape index (κ3) is 7.30. The predicted octanol–water partition coefficient (Wildman–Crippen LogP) is 2.03. The lowest BCUT2D eigenvalue weighted by Gasteiger charge is -2.21. The Morgan fingerprint density at radius 1 is 1.32 bits per heavy atom. The van der Waals surface area contributed by atoms with Gasteiger partial charge in [0.05, 0.1) is 0 Å². The lowest BCUT2D eigenvalue weighted by atomic mass is 10.0. The molecule has 1 unspecified atom stereocenters. The highest BCUT2D eigenvalue weighted by atomic mass is 32.2. The first-order valence-electron chi connectivity index (χ1n) is 6.92. The van der Waals surface area contributed by atoms with Crippen LogP contribution in [0, 0.1) is 5.92 Å². The number of carbonyl (C=O) groups is 2. The fraction of sp³-hybridized carbons (Fsp3) is 0.846. The maximum absolute atomic E-state index is 11.9. The standard InChI is InChI=1S/C13H24N2O3S/c1-11(3-4-12(16)17)5-6-14-13(18)15-7-2-9-19-10-8-15/h11H,2-10H2,1H3,(H,14,18)(H,16,17). The molecule has 0 saturated carbocycles. The summed E-state index contributed by atoms with van der Waals surface area (Å²) in [4.78, 5) is 24.2. The van der Waals surface area contributed by atoms with Crippen LogP contribution >= 0.6 is 11.8 Å². The van der Waals surface area contributed by atoms with E-state index in [9.17, 15) is 9.59 Å². The number of amides is 2. The molecule has 0 aromatic rings. The van der Waals surface area contributed by atoms with Crippen molar-refractivity contribution in [3.05, 3.63) is 0 Å². The number of hydrogen-bond acceptors (Lipinski definition) is 3. The van der Waals surface area contributed by atoms with Crippen LogP contribution in [-0.4, -0.2) is 53.1 Å². The molecule has 110 valence electrons. The molecule has 6 heteroatoms. The molecule has 1 aliphatic rings. The van der Waals surface area contributed by atoms with E-state index >= 15 is 0 Å². The molecule has 2 N–H and O–H groups in total. The van der Waals surface area contributed by atoms with Gasteiger partial charge in [-0.15, -0.1) is 0 Å². The molecule has 0 bridgehead atoms. The molecule has 1 saturated heterocycles. The van der Waals surface area contributed by atoms with Crippen molar-refractivity contribution in [2.45, 2.75) is 32.6 Å². The van der Waals surface area contributed by atoms with Crippen molar-refractivity contribution in [3.8, 4) is 0 Å². The monoisotopic (exact) mass is 288 g/mol. The van der Waals surface area contributed by atoms with E-state index < -0.39 is 5.97 Å². The van der Waals surface area contributed by atoms with Gasteiger partial charge >= 0.3 is 12.0 Å². The molecule has 1 fully saturated rings. The molecule has 5 nitrogen and oxygen atoms in total. The number of urea groups is 1. The zero-order chi connectivity index (χ0) is 14.1. The first-order chi connectivity index (χ1) is 9.09. The molecule has 1 atom stereocenters. The van der Waals surface area contributed by atoms with Crippen LogP contribution in [0.15, 0.2) is 0 Å². The summed E-state index contributed by atoms with van der Waals surface area (Å²) in [5.41, 5.74) is 0. The second-order valence-corrected chi connectivity index (χ2v) is 6.24. The van der Waals surface area contributed by atoms with Gasteiger partial charge in [0.1, 0.15) is 0 Å². The highest BCUT2D eigenvalue weighted by molar-refractivity contribution is 7.99. The van der Waals surface area contributed by atoms with Crippen molar-refractivity contribution in [1.29, 1.82) is 0 Å². The molecule has 0 aromatic heterocycles. The second-order valence-electron chi connectivity index (χ2n) is 5.01. The molecule has 1 heterocycles. The number of nitrogens with one attached hydrogen (secondary N) is 1. The number of rotatable bonds is 6. The number of carbonyl (C=O) groups excluding carboxylic acids is 1. The zero-order valence-electron chi connectivity index (χ0n) is 11.6. The van der Waals surface area contributed by atoms with Crippen molar-refractivity contribution < 1.29 is 14.7 Å². The van der Waals surface area contributed by atoms with E-state index in [1.807, 2.05) is 23.6 Å². The largest absolute Gasteiger partial charge is 0.481 e. The van der Waals surface area contributed by atoms with Crippen molar-refractivity contribution in [3.63, 3.8) is 0 Å². The molecule has 0 spiro atoms. The fourth-order valence-corrected chi connectivity index (χ4v) is 2.89. The van der Waals surface area contributed by atoms with Gasteiger partial charge in [-0.3, -0.25) is 4.79 Å². The maximum Gasteiger partial charge on any atom is 0.317 e. The Morgan fingerprint density at radius 3 is 2.84 bits per heavy atom. The van der Waals surface area contributed by atoms with Crippen LogP contribution < -0.4 is 5.32 Å². The van der Waals surface area contributed by atoms with Gasteiger partial charge in [0, 0.05) is 31.8 Å². The Labute approximate surface area is 119 Å². The Bertz CT molecular complexity index is 292. The van der Waals surface area contributed by atoms with E-state index in [1.165, 1.54) is 0 Å². The third-order valence-corrected chi connectivity index (χ3v) is 4.32. The van der Waals surface area contributed by atoms with Crippen LogP contribution in [0.3, 0.4) is 0 Å².